The van der Waals surface area contributed by atoms with Crippen molar-refractivity contribution in [2.75, 3.05) is 17.6 Å². The highest BCUT2D eigenvalue weighted by Gasteiger charge is 2.21. The van der Waals surface area contributed by atoms with Gasteiger partial charge in [-0.3, -0.25) is 9.52 Å². The fraction of sp³-hybridized carbons (Fsp3) is 0.278. The molecule has 0 fully saturated rings. The van der Waals surface area contributed by atoms with Crippen LogP contribution in [0.1, 0.15) is 18.1 Å². The minimum Gasteiger partial charge on any atom is -0.484 e. The molecule has 0 aliphatic rings. The number of benzene rings is 2. The van der Waals surface area contributed by atoms with Gasteiger partial charge in [-0.2, -0.15) is 25.3 Å². The van der Waals surface area contributed by atoms with Gasteiger partial charge >= 0.3 is 0 Å². The van der Waals surface area contributed by atoms with Gasteiger partial charge in [0.2, 0.25) is 10.0 Å². The van der Waals surface area contributed by atoms with Crippen LogP contribution in [0.15, 0.2) is 36.4 Å². The van der Waals surface area contributed by atoms with Crippen molar-refractivity contribution in [3.63, 3.8) is 0 Å². The van der Waals surface area contributed by atoms with Crippen LogP contribution in [0.3, 0.4) is 0 Å². The Hall–Kier alpha value is -1.98. The molecule has 0 aromatic heterocycles. The average Bonchev–Trinajstić information content (AvgIpc) is 2.58. The zero-order valence-corrected chi connectivity index (χ0v) is 18.2. The van der Waals surface area contributed by atoms with E-state index in [0.29, 0.717) is 5.56 Å². The quantitative estimate of drug-likeness (QED) is 0.359. The zero-order chi connectivity index (χ0) is 21.8. The first-order valence-electron chi connectivity index (χ1n) is 8.25. The van der Waals surface area contributed by atoms with E-state index in [1.54, 1.807) is 6.92 Å². The summed E-state index contributed by atoms with van der Waals surface area (Å²) in [6.07, 6.45) is 0.912. The van der Waals surface area contributed by atoms with Crippen molar-refractivity contribution in [2.45, 2.75) is 17.5 Å². The number of anilines is 1. The van der Waals surface area contributed by atoms with Crippen LogP contribution in [0.2, 0.25) is 0 Å². The van der Waals surface area contributed by atoms with Gasteiger partial charge in [-0.1, -0.05) is 12.1 Å². The third-order valence-electron chi connectivity index (χ3n) is 3.64. The molecule has 0 heterocycles. The molecule has 0 saturated carbocycles. The number of hydrogen-bond donors (Lipinski definition) is 4. The monoisotopic (exact) mass is 462 g/mol. The number of hydrogen-bond acceptors (Lipinski definition) is 6. The van der Waals surface area contributed by atoms with E-state index in [4.69, 9.17) is 4.74 Å². The summed E-state index contributed by atoms with van der Waals surface area (Å²) < 4.78 is 56.6. The van der Waals surface area contributed by atoms with Gasteiger partial charge in [0.05, 0.1) is 16.0 Å². The molecule has 0 saturated heterocycles. The van der Waals surface area contributed by atoms with Gasteiger partial charge in [-0.15, -0.1) is 0 Å². The molecular formula is C18H20F2N2O4S3. The topological polar surface area (TPSA) is 84.5 Å². The smallest absolute Gasteiger partial charge is 0.258 e. The van der Waals surface area contributed by atoms with Crippen molar-refractivity contribution in [1.29, 1.82) is 0 Å². The Morgan fingerprint density at radius 2 is 1.83 bits per heavy atom. The van der Waals surface area contributed by atoms with Crippen molar-refractivity contribution in [3.05, 3.63) is 59.2 Å². The summed E-state index contributed by atoms with van der Waals surface area (Å²) in [5.74, 6) is -1.67. The lowest BCUT2D eigenvalue weighted by Crippen LogP contribution is -2.28. The van der Waals surface area contributed by atoms with E-state index >= 15 is 0 Å². The van der Waals surface area contributed by atoms with Gasteiger partial charge in [-0.05, 0) is 30.7 Å². The Balaban J connectivity index is 1.89. The second kappa shape index (κ2) is 9.23. The number of halogens is 2. The second-order valence-electron chi connectivity index (χ2n) is 6.42. The Bertz CT molecular complexity index is 1010. The number of rotatable bonds is 8. The van der Waals surface area contributed by atoms with Gasteiger partial charge in [0.25, 0.3) is 5.91 Å². The predicted molar refractivity (Wildman–Crippen MR) is 114 cm³/mol. The Morgan fingerprint density at radius 3 is 2.38 bits per heavy atom. The maximum atomic E-state index is 14.1. The minimum absolute atomic E-state index is 0.00320. The molecule has 11 heteroatoms. The molecule has 6 nitrogen and oxygen atoms in total. The Labute approximate surface area is 178 Å². The standard InChI is InChI=1S/C18H20F2N2O4S3/c1-18(27,28)13-5-4-12(8-14(13)19)26-10-17(23)21-9-11-3-6-16(15(20)7-11)22-29(2,24)25/h3-8,22,27-28H,9-10H2,1-2H3,(H,21,23). The molecule has 2 rings (SSSR count). The fourth-order valence-corrected chi connectivity index (χ4v) is 3.25. The first kappa shape index (κ1) is 23.3. The van der Waals surface area contributed by atoms with E-state index in [1.807, 2.05) is 4.72 Å². The van der Waals surface area contributed by atoms with Crippen molar-refractivity contribution >= 4 is 46.9 Å². The number of ether oxygens (including phenoxy) is 1. The zero-order valence-electron chi connectivity index (χ0n) is 15.6. The van der Waals surface area contributed by atoms with Crippen molar-refractivity contribution in [3.8, 4) is 5.75 Å². The van der Waals surface area contributed by atoms with Gasteiger partial charge in [0.1, 0.15) is 17.4 Å². The number of amides is 1. The number of nitrogens with one attached hydrogen (secondary N) is 2. The molecule has 0 spiro atoms. The molecule has 2 aromatic carbocycles. The normalized spacial score (nSPS) is 11.8. The van der Waals surface area contributed by atoms with Crippen LogP contribution in [0.4, 0.5) is 14.5 Å². The van der Waals surface area contributed by atoms with Crippen LogP contribution in [0.5, 0.6) is 5.75 Å². The van der Waals surface area contributed by atoms with Crippen LogP contribution in [0.25, 0.3) is 0 Å². The average molecular weight is 463 g/mol. The molecule has 0 bridgehead atoms. The third-order valence-corrected chi connectivity index (χ3v) is 4.71. The van der Waals surface area contributed by atoms with Gasteiger partial charge < -0.3 is 10.1 Å². The van der Waals surface area contributed by atoms with Gasteiger partial charge in [-0.25, -0.2) is 17.2 Å². The molecule has 29 heavy (non-hydrogen) atoms. The van der Waals surface area contributed by atoms with Crippen molar-refractivity contribution in [2.24, 2.45) is 0 Å². The summed E-state index contributed by atoms with van der Waals surface area (Å²) in [7, 11) is -3.60. The maximum Gasteiger partial charge on any atom is 0.258 e. The summed E-state index contributed by atoms with van der Waals surface area (Å²) in [6.45, 7) is 1.26. The van der Waals surface area contributed by atoms with Crippen LogP contribution >= 0.6 is 25.3 Å². The van der Waals surface area contributed by atoms with E-state index in [-0.39, 0.29) is 30.2 Å². The van der Waals surface area contributed by atoms with E-state index in [0.717, 1.165) is 18.4 Å². The lowest BCUT2D eigenvalue weighted by molar-refractivity contribution is -0.123. The molecule has 1 amide bonds. The fourth-order valence-electron chi connectivity index (χ4n) is 2.32. The molecule has 0 aliphatic heterocycles. The lowest BCUT2D eigenvalue weighted by atomic mass is 10.1. The summed E-state index contributed by atoms with van der Waals surface area (Å²) >= 11 is 8.38. The van der Waals surface area contributed by atoms with Crippen LogP contribution in [-0.4, -0.2) is 27.2 Å². The molecule has 2 N–H and O–H groups in total. The number of carbonyl (C=O) groups excluding carboxylic acids is 1. The molecule has 0 atom stereocenters. The van der Waals surface area contributed by atoms with Gasteiger partial charge in [0, 0.05) is 18.2 Å². The first-order valence-corrected chi connectivity index (χ1v) is 11.0. The first-order chi connectivity index (χ1) is 13.3. The highest BCUT2D eigenvalue weighted by atomic mass is 32.2. The number of carbonyl (C=O) groups is 1. The minimum atomic E-state index is -3.60. The number of sulfonamides is 1. The summed E-state index contributed by atoms with van der Waals surface area (Å²) in [5, 5.41) is 2.53. The molecule has 0 radical (unpaired) electrons. The lowest BCUT2D eigenvalue weighted by Gasteiger charge is -2.18. The largest absolute Gasteiger partial charge is 0.484 e. The highest BCUT2D eigenvalue weighted by molar-refractivity contribution is 7.99. The maximum absolute atomic E-state index is 14.1. The van der Waals surface area contributed by atoms with Crippen LogP contribution in [0, 0.1) is 11.6 Å². The highest BCUT2D eigenvalue weighted by Crippen LogP contribution is 2.34. The van der Waals surface area contributed by atoms with Gasteiger partial charge in [0.15, 0.2) is 6.61 Å². The number of thiol groups is 2. The molecule has 158 valence electrons. The molecule has 0 aliphatic carbocycles. The Kier molecular flexibility index (Phi) is 7.41. The molecular weight excluding hydrogens is 442 g/mol. The molecule has 0 unspecified atom stereocenters. The van der Waals surface area contributed by atoms with E-state index in [1.165, 1.54) is 24.3 Å². The third kappa shape index (κ3) is 7.41. The van der Waals surface area contributed by atoms with Crippen LogP contribution in [-0.2, 0) is 25.4 Å². The summed E-state index contributed by atoms with van der Waals surface area (Å²) in [6, 6.07) is 7.94. The van der Waals surface area contributed by atoms with E-state index < -0.39 is 31.6 Å². The summed E-state index contributed by atoms with van der Waals surface area (Å²) in [4.78, 5) is 11.9. The van der Waals surface area contributed by atoms with Crippen molar-refractivity contribution in [1.82, 2.24) is 5.32 Å². The SMILES string of the molecule is CC(S)(S)c1ccc(OCC(=O)NCc2ccc(NS(C)(=O)=O)c(F)c2)cc1F. The molecule has 2 aromatic rings. The van der Waals surface area contributed by atoms with E-state index in [9.17, 15) is 22.0 Å². The second-order valence-corrected chi connectivity index (χ2v) is 10.3. The van der Waals surface area contributed by atoms with E-state index in [2.05, 4.69) is 30.6 Å². The van der Waals surface area contributed by atoms with Crippen molar-refractivity contribution < 1.29 is 26.7 Å². The predicted octanol–water partition coefficient (Wildman–Crippen LogP) is 3.06. The summed E-state index contributed by atoms with van der Waals surface area (Å²) in [5.41, 5.74) is 0.513. The Morgan fingerprint density at radius 1 is 1.14 bits per heavy atom. The van der Waals surface area contributed by atoms with Crippen LogP contribution < -0.4 is 14.8 Å².